The number of carboxylic acid groups (broad SMARTS) is 1. The molecule has 0 aliphatic heterocycles. The summed E-state index contributed by atoms with van der Waals surface area (Å²) in [6, 6.07) is 12.1. The van der Waals surface area contributed by atoms with Gasteiger partial charge in [0.15, 0.2) is 5.13 Å². The zero-order valence-corrected chi connectivity index (χ0v) is 11.0. The van der Waals surface area contributed by atoms with Crippen LogP contribution in [-0.4, -0.2) is 21.2 Å². The lowest BCUT2D eigenvalue weighted by atomic mass is 10.2. The molecule has 0 aliphatic carbocycles. The first-order valence-corrected chi connectivity index (χ1v) is 6.64. The largest absolute Gasteiger partial charge is 0.507 e. The van der Waals surface area contributed by atoms with E-state index in [1.54, 1.807) is 6.07 Å². The maximum Gasteiger partial charge on any atom is 0.339 e. The molecule has 0 radical (unpaired) electrons. The van der Waals surface area contributed by atoms with E-state index >= 15 is 0 Å². The van der Waals surface area contributed by atoms with Crippen molar-refractivity contribution >= 4 is 38.3 Å². The fraction of sp³-hybridized carbons (Fsp3) is 0. The molecule has 0 aliphatic rings. The van der Waals surface area contributed by atoms with E-state index < -0.39 is 5.97 Å². The Kier molecular flexibility index (Phi) is 3.00. The molecule has 1 heterocycles. The molecule has 6 heteroatoms. The molecule has 0 fully saturated rings. The van der Waals surface area contributed by atoms with Crippen LogP contribution < -0.4 is 5.32 Å². The molecule has 0 spiro atoms. The van der Waals surface area contributed by atoms with Crippen LogP contribution in [-0.2, 0) is 0 Å². The number of carboxylic acids is 1. The summed E-state index contributed by atoms with van der Waals surface area (Å²) in [6.45, 7) is 0. The number of aromatic hydroxyl groups is 1. The lowest BCUT2D eigenvalue weighted by Crippen LogP contribution is -1.97. The van der Waals surface area contributed by atoms with Crippen LogP contribution in [0.5, 0.6) is 5.75 Å². The monoisotopic (exact) mass is 286 g/mol. The topological polar surface area (TPSA) is 82.5 Å². The second-order valence-electron chi connectivity index (χ2n) is 4.15. The second-order valence-corrected chi connectivity index (χ2v) is 5.18. The number of rotatable bonds is 3. The Bertz CT molecular complexity index is 765. The number of aromatic carboxylic acids is 1. The molecule has 0 saturated heterocycles. The average molecular weight is 286 g/mol. The number of aromatic nitrogens is 1. The minimum absolute atomic E-state index is 0.125. The molecule has 3 rings (SSSR count). The Morgan fingerprint density at radius 1 is 1.20 bits per heavy atom. The number of hydrogen-bond acceptors (Lipinski definition) is 5. The number of nitrogens with one attached hydrogen (secondary N) is 1. The van der Waals surface area contributed by atoms with Crippen LogP contribution in [0.25, 0.3) is 10.2 Å². The number of anilines is 2. The Balaban J connectivity index is 1.90. The van der Waals surface area contributed by atoms with Gasteiger partial charge >= 0.3 is 5.97 Å². The molecule has 3 aromatic rings. The highest BCUT2D eigenvalue weighted by Gasteiger charge is 2.10. The highest BCUT2D eigenvalue weighted by Crippen LogP contribution is 2.30. The third kappa shape index (κ3) is 2.28. The number of carbonyl (C=O) groups is 1. The van der Waals surface area contributed by atoms with Crippen molar-refractivity contribution in [1.82, 2.24) is 4.98 Å². The van der Waals surface area contributed by atoms with Crippen LogP contribution in [0.4, 0.5) is 10.8 Å². The quantitative estimate of drug-likeness (QED) is 0.687. The molecule has 2 aromatic carbocycles. The fourth-order valence-corrected chi connectivity index (χ4v) is 2.73. The molecule has 0 unspecified atom stereocenters. The van der Waals surface area contributed by atoms with Gasteiger partial charge in [-0.25, -0.2) is 9.78 Å². The standard InChI is InChI=1S/C14H10N2O3S/c17-11-7-8(5-6-9(11)13(18)19)15-14-16-10-3-1-2-4-12(10)20-14/h1-7,17H,(H,15,16)(H,18,19). The molecule has 0 saturated carbocycles. The van der Waals surface area contributed by atoms with E-state index in [4.69, 9.17) is 5.11 Å². The lowest BCUT2D eigenvalue weighted by Gasteiger charge is -2.04. The zero-order chi connectivity index (χ0) is 14.1. The predicted octanol–water partition coefficient (Wildman–Crippen LogP) is 3.44. The molecule has 1 aromatic heterocycles. The predicted molar refractivity (Wildman–Crippen MR) is 78.0 cm³/mol. The minimum atomic E-state index is -1.16. The van der Waals surface area contributed by atoms with Crippen molar-refractivity contribution in [2.45, 2.75) is 0 Å². The Hall–Kier alpha value is -2.60. The molecule has 100 valence electrons. The maximum atomic E-state index is 10.8. The number of thiazole rings is 1. The van der Waals surface area contributed by atoms with Crippen LogP contribution in [0, 0.1) is 0 Å². The zero-order valence-electron chi connectivity index (χ0n) is 10.2. The number of phenols is 1. The first-order valence-electron chi connectivity index (χ1n) is 5.82. The van der Waals surface area contributed by atoms with Crippen molar-refractivity contribution in [2.75, 3.05) is 5.32 Å². The van der Waals surface area contributed by atoms with Crippen LogP contribution in [0.1, 0.15) is 10.4 Å². The van der Waals surface area contributed by atoms with E-state index in [1.165, 1.54) is 23.5 Å². The summed E-state index contributed by atoms with van der Waals surface area (Å²) >= 11 is 1.49. The van der Waals surface area contributed by atoms with Gasteiger partial charge in [-0.1, -0.05) is 23.5 Å². The molecule has 20 heavy (non-hydrogen) atoms. The smallest absolute Gasteiger partial charge is 0.339 e. The van der Waals surface area contributed by atoms with Crippen LogP contribution in [0.3, 0.4) is 0 Å². The first-order chi connectivity index (χ1) is 9.63. The van der Waals surface area contributed by atoms with Gasteiger partial charge in [-0.3, -0.25) is 0 Å². The molecule has 0 bridgehead atoms. The normalized spacial score (nSPS) is 10.6. The van der Waals surface area contributed by atoms with Crippen molar-refractivity contribution in [3.05, 3.63) is 48.0 Å². The Morgan fingerprint density at radius 2 is 2.00 bits per heavy atom. The van der Waals surface area contributed by atoms with Crippen molar-refractivity contribution in [1.29, 1.82) is 0 Å². The van der Waals surface area contributed by atoms with Gasteiger partial charge in [0.1, 0.15) is 11.3 Å². The average Bonchev–Trinajstić information content (AvgIpc) is 2.80. The Labute approximate surface area is 118 Å². The van der Waals surface area contributed by atoms with Crippen molar-refractivity contribution in [3.63, 3.8) is 0 Å². The van der Waals surface area contributed by atoms with Crippen LogP contribution in [0.15, 0.2) is 42.5 Å². The summed E-state index contributed by atoms with van der Waals surface area (Å²) in [5, 5.41) is 22.2. The summed E-state index contributed by atoms with van der Waals surface area (Å²) in [5.41, 5.74) is 1.36. The van der Waals surface area contributed by atoms with E-state index in [2.05, 4.69) is 10.3 Å². The summed E-state index contributed by atoms with van der Waals surface area (Å²) in [4.78, 5) is 15.2. The minimum Gasteiger partial charge on any atom is -0.507 e. The van der Waals surface area contributed by atoms with Crippen LogP contribution in [0.2, 0.25) is 0 Å². The number of benzene rings is 2. The summed E-state index contributed by atoms with van der Waals surface area (Å²) in [7, 11) is 0. The maximum absolute atomic E-state index is 10.8. The number of fused-ring (bicyclic) bond motifs is 1. The molecular weight excluding hydrogens is 276 g/mol. The fourth-order valence-electron chi connectivity index (χ4n) is 1.84. The summed E-state index contributed by atoms with van der Waals surface area (Å²) in [5.74, 6) is -1.43. The summed E-state index contributed by atoms with van der Waals surface area (Å²) < 4.78 is 1.06. The summed E-state index contributed by atoms with van der Waals surface area (Å²) in [6.07, 6.45) is 0. The number of hydrogen-bond donors (Lipinski definition) is 3. The van der Waals surface area contributed by atoms with E-state index in [-0.39, 0.29) is 11.3 Å². The number of nitrogens with zero attached hydrogens (tertiary/aromatic N) is 1. The molecule has 0 amide bonds. The van der Waals surface area contributed by atoms with E-state index in [0.29, 0.717) is 10.8 Å². The lowest BCUT2D eigenvalue weighted by molar-refractivity contribution is 0.0694. The molecule has 3 N–H and O–H groups in total. The third-order valence-electron chi connectivity index (χ3n) is 2.77. The second kappa shape index (κ2) is 4.82. The van der Waals surface area contributed by atoms with Gasteiger partial charge in [0.25, 0.3) is 0 Å². The third-order valence-corrected chi connectivity index (χ3v) is 3.73. The van der Waals surface area contributed by atoms with Crippen molar-refractivity contribution in [3.8, 4) is 5.75 Å². The van der Waals surface area contributed by atoms with Gasteiger partial charge < -0.3 is 15.5 Å². The van der Waals surface area contributed by atoms with E-state index in [0.717, 1.165) is 10.2 Å². The van der Waals surface area contributed by atoms with E-state index in [9.17, 15) is 9.90 Å². The SMILES string of the molecule is O=C(O)c1ccc(Nc2nc3ccccc3s2)cc1O. The van der Waals surface area contributed by atoms with E-state index in [1.807, 2.05) is 24.3 Å². The van der Waals surface area contributed by atoms with Gasteiger partial charge in [0.2, 0.25) is 0 Å². The van der Waals surface area contributed by atoms with Gasteiger partial charge in [-0.15, -0.1) is 0 Å². The van der Waals surface area contributed by atoms with Gasteiger partial charge in [-0.05, 0) is 24.3 Å². The highest BCUT2D eigenvalue weighted by molar-refractivity contribution is 7.22. The van der Waals surface area contributed by atoms with Gasteiger partial charge in [-0.2, -0.15) is 0 Å². The Morgan fingerprint density at radius 3 is 2.70 bits per heavy atom. The van der Waals surface area contributed by atoms with Gasteiger partial charge in [0, 0.05) is 11.8 Å². The van der Waals surface area contributed by atoms with Crippen molar-refractivity contribution < 1.29 is 15.0 Å². The van der Waals surface area contributed by atoms with Crippen molar-refractivity contribution in [2.24, 2.45) is 0 Å². The van der Waals surface area contributed by atoms with Gasteiger partial charge in [0.05, 0.1) is 10.2 Å². The van der Waals surface area contributed by atoms with Crippen LogP contribution >= 0.6 is 11.3 Å². The molecular formula is C14H10N2O3S. The number of para-hydroxylation sites is 1. The molecule has 5 nitrogen and oxygen atoms in total. The first kappa shape index (κ1) is 12.4. The highest BCUT2D eigenvalue weighted by atomic mass is 32.1. The molecule has 0 atom stereocenters.